The normalized spacial score (nSPS) is 39.0. The highest BCUT2D eigenvalue weighted by atomic mass is 32.1. The molecule has 1 amide bonds. The molecule has 6 rings (SSSR count). The summed E-state index contributed by atoms with van der Waals surface area (Å²) in [6, 6.07) is 0. The van der Waals surface area contributed by atoms with Crippen molar-refractivity contribution in [3.63, 3.8) is 0 Å². The Bertz CT molecular complexity index is 821. The largest absolute Gasteiger partial charge is 0.381 e. The third-order valence-corrected chi connectivity index (χ3v) is 8.96. The van der Waals surface area contributed by atoms with Crippen molar-refractivity contribution in [3.8, 4) is 0 Å². The van der Waals surface area contributed by atoms with Gasteiger partial charge in [-0.25, -0.2) is 0 Å². The summed E-state index contributed by atoms with van der Waals surface area (Å²) in [5.74, 6) is 1.88. The van der Waals surface area contributed by atoms with E-state index in [1.165, 1.54) is 11.3 Å². The molecule has 0 radical (unpaired) electrons. The maximum Gasteiger partial charge on any atom is 0.280 e. The van der Waals surface area contributed by atoms with Crippen LogP contribution < -0.4 is 4.80 Å². The molecule has 5 nitrogen and oxygen atoms in total. The number of amides is 1. The van der Waals surface area contributed by atoms with Crippen LogP contribution in [0.5, 0.6) is 0 Å². The van der Waals surface area contributed by atoms with E-state index in [4.69, 9.17) is 14.5 Å². The van der Waals surface area contributed by atoms with E-state index >= 15 is 0 Å². The molecule has 2 unspecified atom stereocenters. The average Bonchev–Trinajstić information content (AvgIpc) is 2.99. The Morgan fingerprint density at radius 2 is 1.93 bits per heavy atom. The average molecular weight is 419 g/mol. The van der Waals surface area contributed by atoms with Gasteiger partial charge in [-0.3, -0.25) is 4.79 Å². The van der Waals surface area contributed by atoms with Gasteiger partial charge in [0.15, 0.2) is 4.80 Å². The number of methoxy groups -OCH3 is 1. The number of hydrogen-bond acceptors (Lipinski definition) is 4. The summed E-state index contributed by atoms with van der Waals surface area (Å²) in [6.45, 7) is 7.59. The molecule has 2 atom stereocenters. The fourth-order valence-corrected chi connectivity index (χ4v) is 7.07. The summed E-state index contributed by atoms with van der Waals surface area (Å²) in [5, 5.41) is 0. The standard InChI is InChI=1S/C23H34N2O3S/c1-22(2,3)19-13-25(12-16-8-17(9-16)27-4)21(29-19)24-20(26)23-10-14-5-15(11-23)7-18(6-14)28-23/h13-18H,5-12H2,1-4H3/b24-21-. The van der Waals surface area contributed by atoms with Crippen LogP contribution in [0.1, 0.15) is 70.6 Å². The first-order chi connectivity index (χ1) is 13.7. The van der Waals surface area contributed by atoms with Crippen LogP contribution in [0.15, 0.2) is 11.2 Å². The van der Waals surface area contributed by atoms with Gasteiger partial charge in [0.25, 0.3) is 5.91 Å². The molecule has 0 aromatic carbocycles. The maximum atomic E-state index is 13.4. The number of nitrogens with zero attached hydrogens (tertiary/aromatic N) is 2. The molecule has 29 heavy (non-hydrogen) atoms. The van der Waals surface area contributed by atoms with Gasteiger partial charge < -0.3 is 14.0 Å². The lowest BCUT2D eigenvalue weighted by Crippen LogP contribution is -2.58. The molecule has 1 aromatic heterocycles. The van der Waals surface area contributed by atoms with Gasteiger partial charge in [-0.15, -0.1) is 11.3 Å². The molecule has 0 N–H and O–H groups in total. The summed E-state index contributed by atoms with van der Waals surface area (Å²) >= 11 is 1.67. The highest BCUT2D eigenvalue weighted by molar-refractivity contribution is 7.09. The molecule has 1 aromatic rings. The minimum absolute atomic E-state index is 0.0314. The van der Waals surface area contributed by atoms with Crippen LogP contribution in [-0.2, 0) is 26.2 Å². The molecule has 2 aliphatic heterocycles. The Balaban J connectivity index is 1.44. The van der Waals surface area contributed by atoms with E-state index < -0.39 is 5.60 Å². The molecule has 5 aliphatic rings. The lowest BCUT2D eigenvalue weighted by Gasteiger charge is -2.54. The first-order valence-electron chi connectivity index (χ1n) is 11.2. The number of carbonyl (C=O) groups excluding carboxylic acids is 1. The Morgan fingerprint density at radius 1 is 1.24 bits per heavy atom. The number of carbonyl (C=O) groups is 1. The molecule has 160 valence electrons. The fraction of sp³-hybridized carbons (Fsp3) is 0.826. The zero-order valence-electron chi connectivity index (χ0n) is 18.1. The number of ether oxygens (including phenoxy) is 2. The van der Waals surface area contributed by atoms with Gasteiger partial charge in [0.2, 0.25) is 0 Å². The van der Waals surface area contributed by atoms with E-state index in [1.807, 2.05) is 0 Å². The second-order valence-corrected chi connectivity index (χ2v) is 12.0. The Labute approximate surface area is 177 Å². The van der Waals surface area contributed by atoms with Crippen LogP contribution in [0.3, 0.4) is 0 Å². The van der Waals surface area contributed by atoms with Gasteiger partial charge in [-0.05, 0) is 68.1 Å². The molecule has 3 aliphatic carbocycles. The van der Waals surface area contributed by atoms with Crippen molar-refractivity contribution in [1.82, 2.24) is 4.57 Å². The van der Waals surface area contributed by atoms with Crippen LogP contribution in [0.25, 0.3) is 0 Å². The molecular weight excluding hydrogens is 384 g/mol. The van der Waals surface area contributed by atoms with Crippen molar-refractivity contribution >= 4 is 17.2 Å². The molecule has 3 saturated carbocycles. The maximum absolute atomic E-state index is 13.4. The SMILES string of the molecule is COC1CC(Cn2cc(C(C)(C)C)s/c2=N\C(=O)C23CC4CC(CC(C4)O2)C3)C1. The quantitative estimate of drug-likeness (QED) is 0.741. The number of thiazole rings is 1. The second kappa shape index (κ2) is 7.03. The van der Waals surface area contributed by atoms with Crippen molar-refractivity contribution in [3.05, 3.63) is 15.9 Å². The monoisotopic (exact) mass is 418 g/mol. The smallest absolute Gasteiger partial charge is 0.280 e. The van der Waals surface area contributed by atoms with Gasteiger partial charge in [-0.2, -0.15) is 4.99 Å². The lowest BCUT2D eigenvalue weighted by atomic mass is 9.62. The summed E-state index contributed by atoms with van der Waals surface area (Å²) in [4.78, 5) is 20.3. The highest BCUT2D eigenvalue weighted by Crippen LogP contribution is 2.53. The molecule has 0 spiro atoms. The van der Waals surface area contributed by atoms with Crippen molar-refractivity contribution in [2.45, 2.75) is 95.5 Å². The van der Waals surface area contributed by atoms with Gasteiger partial charge >= 0.3 is 0 Å². The Hall–Kier alpha value is -0.980. The lowest BCUT2D eigenvalue weighted by molar-refractivity contribution is -0.216. The predicted molar refractivity (Wildman–Crippen MR) is 113 cm³/mol. The number of hydrogen-bond donors (Lipinski definition) is 0. The first kappa shape index (κ1) is 20.0. The van der Waals surface area contributed by atoms with Crippen LogP contribution >= 0.6 is 11.3 Å². The van der Waals surface area contributed by atoms with Gasteiger partial charge in [0, 0.05) is 24.7 Å². The molecular formula is C23H34N2O3S. The van der Waals surface area contributed by atoms with E-state index in [1.54, 1.807) is 18.4 Å². The third-order valence-electron chi connectivity index (χ3n) is 7.52. The summed E-state index contributed by atoms with van der Waals surface area (Å²) < 4.78 is 14.0. The van der Waals surface area contributed by atoms with E-state index in [2.05, 4.69) is 31.5 Å². The van der Waals surface area contributed by atoms with Crippen molar-refractivity contribution in [2.24, 2.45) is 22.7 Å². The first-order valence-corrected chi connectivity index (χ1v) is 12.1. The number of rotatable bonds is 4. The van der Waals surface area contributed by atoms with E-state index in [9.17, 15) is 4.79 Å². The van der Waals surface area contributed by atoms with Gasteiger partial charge in [-0.1, -0.05) is 20.8 Å². The molecule has 5 fully saturated rings. The van der Waals surface area contributed by atoms with Crippen LogP contribution in [-0.4, -0.2) is 35.4 Å². The van der Waals surface area contributed by atoms with Crippen molar-refractivity contribution in [2.75, 3.05) is 7.11 Å². The van der Waals surface area contributed by atoms with Crippen LogP contribution in [0.4, 0.5) is 0 Å². The van der Waals surface area contributed by atoms with Crippen LogP contribution in [0, 0.1) is 17.8 Å². The minimum Gasteiger partial charge on any atom is -0.381 e. The summed E-state index contributed by atoms with van der Waals surface area (Å²) in [6.07, 6.45) is 10.4. The fourth-order valence-electron chi connectivity index (χ4n) is 6.02. The third kappa shape index (κ3) is 3.66. The van der Waals surface area contributed by atoms with Crippen molar-refractivity contribution in [1.29, 1.82) is 0 Å². The second-order valence-electron chi connectivity index (χ2n) is 11.0. The van der Waals surface area contributed by atoms with E-state index in [-0.39, 0.29) is 17.4 Å². The van der Waals surface area contributed by atoms with Gasteiger partial charge in [0.1, 0.15) is 5.60 Å². The highest BCUT2D eigenvalue weighted by Gasteiger charge is 2.56. The minimum atomic E-state index is -0.643. The molecule has 6 heteroatoms. The zero-order valence-corrected chi connectivity index (χ0v) is 19.0. The predicted octanol–water partition coefficient (Wildman–Crippen LogP) is 4.05. The molecule has 2 saturated heterocycles. The van der Waals surface area contributed by atoms with Gasteiger partial charge in [0.05, 0.1) is 12.2 Å². The Morgan fingerprint density at radius 3 is 2.52 bits per heavy atom. The number of aromatic nitrogens is 1. The summed E-state index contributed by atoms with van der Waals surface area (Å²) in [5.41, 5.74) is -0.592. The van der Waals surface area contributed by atoms with E-state index in [0.29, 0.717) is 23.9 Å². The van der Waals surface area contributed by atoms with Crippen LogP contribution in [0.2, 0.25) is 0 Å². The van der Waals surface area contributed by atoms with E-state index in [0.717, 1.165) is 49.9 Å². The molecule has 3 heterocycles. The Kier molecular flexibility index (Phi) is 4.84. The van der Waals surface area contributed by atoms with Crippen molar-refractivity contribution < 1.29 is 14.3 Å². The zero-order chi connectivity index (χ0) is 20.4. The molecule has 4 bridgehead atoms. The summed E-state index contributed by atoms with van der Waals surface area (Å²) in [7, 11) is 1.79. The topological polar surface area (TPSA) is 52.8 Å².